The number of rotatable bonds is 5. The second kappa shape index (κ2) is 7.35. The zero-order chi connectivity index (χ0) is 18.0. The third-order valence-corrected chi connectivity index (χ3v) is 5.14. The number of aromatic hydroxyl groups is 1. The van der Waals surface area contributed by atoms with Crippen LogP contribution in [0.1, 0.15) is 24.0 Å². The Morgan fingerprint density at radius 3 is 2.72 bits per heavy atom. The molecule has 2 amide bonds. The maximum Gasteiger partial charge on any atom is 0.322 e. The Hall–Kier alpha value is -2.21. The third kappa shape index (κ3) is 4.25. The van der Waals surface area contributed by atoms with Crippen LogP contribution >= 0.6 is 15.9 Å². The Kier molecular flexibility index (Phi) is 5.18. The van der Waals surface area contributed by atoms with Gasteiger partial charge in [0.1, 0.15) is 0 Å². The van der Waals surface area contributed by atoms with Gasteiger partial charge in [0.2, 0.25) is 0 Å². The highest BCUT2D eigenvalue weighted by atomic mass is 79.9. The lowest BCUT2D eigenvalue weighted by atomic mass is 10.2. The summed E-state index contributed by atoms with van der Waals surface area (Å²) in [6.45, 7) is 2.46. The number of hydrogen-bond acceptors (Lipinski definition) is 3. The highest BCUT2D eigenvalue weighted by molar-refractivity contribution is 9.10. The van der Waals surface area contributed by atoms with E-state index >= 15 is 0 Å². The number of anilines is 1. The van der Waals surface area contributed by atoms with Gasteiger partial charge in [-0.25, -0.2) is 4.79 Å². The molecule has 25 heavy (non-hydrogen) atoms. The summed E-state index contributed by atoms with van der Waals surface area (Å²) in [6, 6.07) is 11.1. The molecule has 1 saturated carbocycles. The largest absolute Gasteiger partial charge is 0.504 e. The number of phenolic OH excluding ortho intramolecular Hbond substituents is 1. The number of hydrogen-bond donors (Lipinski definition) is 2. The second-order valence-electron chi connectivity index (χ2n) is 6.26. The van der Waals surface area contributed by atoms with Gasteiger partial charge >= 0.3 is 6.03 Å². The third-order valence-electron chi connectivity index (χ3n) is 4.25. The average Bonchev–Trinajstić information content (AvgIpc) is 3.42. The molecule has 2 aromatic carbocycles. The van der Waals surface area contributed by atoms with Crippen molar-refractivity contribution in [1.29, 1.82) is 0 Å². The van der Waals surface area contributed by atoms with E-state index in [1.807, 2.05) is 36.1 Å². The van der Waals surface area contributed by atoms with Crippen LogP contribution < -0.4 is 10.1 Å². The number of carbonyl (C=O) groups is 1. The molecule has 0 aliphatic heterocycles. The van der Waals surface area contributed by atoms with Gasteiger partial charge in [-0.15, -0.1) is 0 Å². The number of methoxy groups -OCH3 is 1. The van der Waals surface area contributed by atoms with Crippen LogP contribution in [-0.4, -0.2) is 29.2 Å². The van der Waals surface area contributed by atoms with Gasteiger partial charge in [0.25, 0.3) is 0 Å². The minimum atomic E-state index is -0.115. The number of benzene rings is 2. The van der Waals surface area contributed by atoms with Crippen molar-refractivity contribution in [3.63, 3.8) is 0 Å². The Morgan fingerprint density at radius 1 is 1.32 bits per heavy atom. The minimum Gasteiger partial charge on any atom is -0.504 e. The van der Waals surface area contributed by atoms with Crippen molar-refractivity contribution in [2.75, 3.05) is 12.4 Å². The van der Waals surface area contributed by atoms with Crippen LogP contribution in [0.5, 0.6) is 11.5 Å². The summed E-state index contributed by atoms with van der Waals surface area (Å²) in [7, 11) is 1.51. The van der Waals surface area contributed by atoms with Crippen LogP contribution in [0, 0.1) is 6.92 Å². The summed E-state index contributed by atoms with van der Waals surface area (Å²) < 4.78 is 6.16. The monoisotopic (exact) mass is 404 g/mol. The molecule has 1 aliphatic rings. The van der Waals surface area contributed by atoms with Crippen molar-refractivity contribution in [1.82, 2.24) is 4.90 Å². The molecule has 1 fully saturated rings. The smallest absolute Gasteiger partial charge is 0.322 e. The fourth-order valence-corrected chi connectivity index (χ4v) is 2.93. The lowest BCUT2D eigenvalue weighted by molar-refractivity contribution is 0.206. The van der Waals surface area contributed by atoms with Crippen LogP contribution in [0.2, 0.25) is 0 Å². The van der Waals surface area contributed by atoms with Crippen LogP contribution in [0.3, 0.4) is 0 Å². The zero-order valence-corrected chi connectivity index (χ0v) is 15.8. The molecule has 0 heterocycles. The summed E-state index contributed by atoms with van der Waals surface area (Å²) in [4.78, 5) is 14.6. The number of urea groups is 1. The molecule has 132 valence electrons. The molecule has 0 spiro atoms. The first-order valence-electron chi connectivity index (χ1n) is 8.17. The molecule has 0 atom stereocenters. The molecule has 0 aromatic heterocycles. The first-order chi connectivity index (χ1) is 12.0. The van der Waals surface area contributed by atoms with E-state index in [4.69, 9.17) is 4.74 Å². The number of ether oxygens (including phenoxy) is 1. The van der Waals surface area contributed by atoms with Crippen LogP contribution in [-0.2, 0) is 6.54 Å². The number of nitrogens with zero attached hydrogens (tertiary/aromatic N) is 1. The highest BCUT2D eigenvalue weighted by Crippen LogP contribution is 2.32. The molecular weight excluding hydrogens is 384 g/mol. The van der Waals surface area contributed by atoms with Crippen LogP contribution in [0.25, 0.3) is 0 Å². The van der Waals surface area contributed by atoms with E-state index in [9.17, 15) is 9.90 Å². The van der Waals surface area contributed by atoms with Crippen molar-refractivity contribution in [2.45, 2.75) is 32.4 Å². The summed E-state index contributed by atoms with van der Waals surface area (Å²) in [5.74, 6) is 0.510. The molecule has 6 heteroatoms. The van der Waals surface area contributed by atoms with Gasteiger partial charge in [0.15, 0.2) is 11.5 Å². The van der Waals surface area contributed by atoms with E-state index in [0.717, 1.165) is 34.1 Å². The molecule has 0 saturated heterocycles. The lowest BCUT2D eigenvalue weighted by Gasteiger charge is -2.23. The quantitative estimate of drug-likeness (QED) is 0.760. The topological polar surface area (TPSA) is 61.8 Å². The minimum absolute atomic E-state index is 0.0963. The molecule has 3 rings (SSSR count). The van der Waals surface area contributed by atoms with E-state index in [1.165, 1.54) is 7.11 Å². The van der Waals surface area contributed by atoms with Gasteiger partial charge in [-0.2, -0.15) is 0 Å². The maximum absolute atomic E-state index is 12.7. The van der Waals surface area contributed by atoms with Crippen molar-refractivity contribution in [2.24, 2.45) is 0 Å². The molecule has 5 nitrogen and oxygen atoms in total. The molecular formula is C19H21BrN2O3. The number of amides is 2. The van der Waals surface area contributed by atoms with Crippen molar-refractivity contribution >= 4 is 27.6 Å². The van der Waals surface area contributed by atoms with E-state index < -0.39 is 0 Å². The molecule has 0 unspecified atom stereocenters. The standard InChI is InChI=1S/C19H21BrN2O3/c1-12-9-14(4-7-16(12)20)21-19(24)22(15-5-6-15)11-13-3-8-17(23)18(10-13)25-2/h3-4,7-10,15,23H,5-6,11H2,1-2H3,(H,21,24). The summed E-state index contributed by atoms with van der Waals surface area (Å²) in [6.07, 6.45) is 2.03. The number of nitrogens with one attached hydrogen (secondary N) is 1. The second-order valence-corrected chi connectivity index (χ2v) is 7.11. The normalized spacial score (nSPS) is 13.4. The Labute approximate surface area is 155 Å². The first-order valence-corrected chi connectivity index (χ1v) is 8.97. The number of aryl methyl sites for hydroxylation is 1. The summed E-state index contributed by atoms with van der Waals surface area (Å²) in [5.41, 5.74) is 2.77. The fraction of sp³-hybridized carbons (Fsp3) is 0.316. The van der Waals surface area contributed by atoms with E-state index in [-0.39, 0.29) is 17.8 Å². The van der Waals surface area contributed by atoms with E-state index in [1.54, 1.807) is 12.1 Å². The maximum atomic E-state index is 12.7. The van der Waals surface area contributed by atoms with Gasteiger partial charge < -0.3 is 20.1 Å². The summed E-state index contributed by atoms with van der Waals surface area (Å²) in [5, 5.41) is 12.7. The van der Waals surface area contributed by atoms with E-state index in [0.29, 0.717) is 12.3 Å². The SMILES string of the molecule is COc1cc(CN(C(=O)Nc2ccc(Br)c(C)c2)C2CC2)ccc1O. The van der Waals surface area contributed by atoms with Gasteiger partial charge in [0, 0.05) is 22.7 Å². The van der Waals surface area contributed by atoms with Gasteiger partial charge in [0.05, 0.1) is 7.11 Å². The van der Waals surface area contributed by atoms with Gasteiger partial charge in [-0.3, -0.25) is 0 Å². The number of halogens is 1. The lowest BCUT2D eigenvalue weighted by Crippen LogP contribution is -2.36. The first kappa shape index (κ1) is 17.6. The molecule has 0 bridgehead atoms. The van der Waals surface area contributed by atoms with Crippen LogP contribution in [0.15, 0.2) is 40.9 Å². The molecule has 0 radical (unpaired) electrons. The van der Waals surface area contributed by atoms with Crippen molar-refractivity contribution in [3.8, 4) is 11.5 Å². The van der Waals surface area contributed by atoms with E-state index in [2.05, 4.69) is 21.2 Å². The van der Waals surface area contributed by atoms with Crippen LogP contribution in [0.4, 0.5) is 10.5 Å². The van der Waals surface area contributed by atoms with Gasteiger partial charge in [-0.1, -0.05) is 22.0 Å². The molecule has 1 aliphatic carbocycles. The highest BCUT2D eigenvalue weighted by Gasteiger charge is 2.32. The Morgan fingerprint density at radius 2 is 2.08 bits per heavy atom. The fourth-order valence-electron chi connectivity index (χ4n) is 2.69. The number of phenols is 1. The Bertz CT molecular complexity index is 790. The molecule has 2 N–H and O–H groups in total. The van der Waals surface area contributed by atoms with Crippen molar-refractivity contribution in [3.05, 3.63) is 52.0 Å². The van der Waals surface area contributed by atoms with Gasteiger partial charge in [-0.05, 0) is 61.2 Å². The predicted molar refractivity (Wildman–Crippen MR) is 101 cm³/mol. The average molecular weight is 405 g/mol. The predicted octanol–water partition coefficient (Wildman–Crippen LogP) is 4.67. The molecule has 2 aromatic rings. The van der Waals surface area contributed by atoms with Crippen molar-refractivity contribution < 1.29 is 14.6 Å². The summed E-state index contributed by atoms with van der Waals surface area (Å²) >= 11 is 3.47. The Balaban J connectivity index is 1.74. The zero-order valence-electron chi connectivity index (χ0n) is 14.3. The number of carbonyl (C=O) groups excluding carboxylic acids is 1.